The fraction of sp³-hybridized carbons (Fsp3) is 0.412. The number of rotatable bonds is 8. The maximum atomic E-state index is 12.0. The van der Waals surface area contributed by atoms with Gasteiger partial charge in [-0.2, -0.15) is 5.10 Å². The average molecular weight is 329 g/mol. The third-order valence-electron chi connectivity index (χ3n) is 3.68. The SMILES string of the molecule is CCC(C)NC(=O)c1ccc(NC(=O)CCCn2cncn2)cc1. The molecular formula is C17H23N5O2. The number of anilines is 1. The number of hydrogen-bond acceptors (Lipinski definition) is 4. The van der Waals surface area contributed by atoms with E-state index in [2.05, 4.69) is 20.7 Å². The molecule has 0 saturated heterocycles. The van der Waals surface area contributed by atoms with E-state index in [0.717, 1.165) is 6.42 Å². The number of carbonyl (C=O) groups is 2. The lowest BCUT2D eigenvalue weighted by atomic mass is 10.1. The second-order valence-electron chi connectivity index (χ2n) is 5.67. The van der Waals surface area contributed by atoms with Crippen LogP contribution in [-0.4, -0.2) is 32.6 Å². The van der Waals surface area contributed by atoms with Crippen molar-refractivity contribution in [1.29, 1.82) is 0 Å². The van der Waals surface area contributed by atoms with Gasteiger partial charge in [0.1, 0.15) is 12.7 Å². The summed E-state index contributed by atoms with van der Waals surface area (Å²) in [4.78, 5) is 27.7. The standard InChI is InChI=1S/C17H23N5O2/c1-3-13(2)20-17(24)14-6-8-15(9-7-14)21-16(23)5-4-10-22-12-18-11-19-22/h6-9,11-13H,3-5,10H2,1-2H3,(H,20,24)(H,21,23). The van der Waals surface area contributed by atoms with Crippen LogP contribution in [0.4, 0.5) is 5.69 Å². The lowest BCUT2D eigenvalue weighted by Crippen LogP contribution is -2.31. The Balaban J connectivity index is 1.78. The number of hydrogen-bond donors (Lipinski definition) is 2. The van der Waals surface area contributed by atoms with Gasteiger partial charge in [0.25, 0.3) is 5.91 Å². The van der Waals surface area contributed by atoms with Gasteiger partial charge in [-0.1, -0.05) is 6.92 Å². The van der Waals surface area contributed by atoms with Crippen molar-refractivity contribution in [2.45, 2.75) is 45.7 Å². The zero-order valence-electron chi connectivity index (χ0n) is 14.0. The summed E-state index contributed by atoms with van der Waals surface area (Å²) in [5.74, 6) is -0.165. The van der Waals surface area contributed by atoms with E-state index in [9.17, 15) is 9.59 Å². The number of aromatic nitrogens is 3. The van der Waals surface area contributed by atoms with Gasteiger partial charge in [0, 0.05) is 30.3 Å². The Labute approximate surface area is 141 Å². The maximum absolute atomic E-state index is 12.0. The molecule has 128 valence electrons. The molecule has 7 heteroatoms. The first-order chi connectivity index (χ1) is 11.6. The van der Waals surface area contributed by atoms with E-state index < -0.39 is 0 Å². The number of benzene rings is 1. The van der Waals surface area contributed by atoms with E-state index in [1.54, 1.807) is 35.3 Å². The van der Waals surface area contributed by atoms with Gasteiger partial charge in [0.15, 0.2) is 0 Å². The fourth-order valence-corrected chi connectivity index (χ4v) is 2.09. The van der Waals surface area contributed by atoms with Crippen molar-refractivity contribution in [2.24, 2.45) is 0 Å². The Bertz CT molecular complexity index is 652. The first-order valence-electron chi connectivity index (χ1n) is 8.11. The predicted molar refractivity (Wildman–Crippen MR) is 91.5 cm³/mol. The van der Waals surface area contributed by atoms with Crippen molar-refractivity contribution >= 4 is 17.5 Å². The second kappa shape index (κ2) is 8.81. The van der Waals surface area contributed by atoms with E-state index in [1.165, 1.54) is 6.33 Å². The van der Waals surface area contributed by atoms with Gasteiger partial charge < -0.3 is 10.6 Å². The Morgan fingerprint density at radius 2 is 2.00 bits per heavy atom. The molecule has 1 aromatic carbocycles. The number of amides is 2. The lowest BCUT2D eigenvalue weighted by Gasteiger charge is -2.11. The molecular weight excluding hydrogens is 306 g/mol. The van der Waals surface area contributed by atoms with Crippen molar-refractivity contribution in [3.63, 3.8) is 0 Å². The van der Waals surface area contributed by atoms with Crippen LogP contribution in [0.5, 0.6) is 0 Å². The molecule has 1 unspecified atom stereocenters. The largest absolute Gasteiger partial charge is 0.350 e. The smallest absolute Gasteiger partial charge is 0.251 e. The highest BCUT2D eigenvalue weighted by atomic mass is 16.2. The molecule has 0 aliphatic rings. The topological polar surface area (TPSA) is 88.9 Å². The second-order valence-corrected chi connectivity index (χ2v) is 5.67. The molecule has 2 amide bonds. The van der Waals surface area contributed by atoms with Crippen molar-refractivity contribution in [3.05, 3.63) is 42.5 Å². The van der Waals surface area contributed by atoms with Crippen LogP contribution in [0.2, 0.25) is 0 Å². The fourth-order valence-electron chi connectivity index (χ4n) is 2.09. The van der Waals surface area contributed by atoms with Gasteiger partial charge in [0.2, 0.25) is 5.91 Å². The molecule has 1 atom stereocenters. The molecule has 0 bridgehead atoms. The minimum Gasteiger partial charge on any atom is -0.350 e. The zero-order chi connectivity index (χ0) is 17.4. The van der Waals surface area contributed by atoms with Crippen molar-refractivity contribution in [1.82, 2.24) is 20.1 Å². The summed E-state index contributed by atoms with van der Waals surface area (Å²) in [5.41, 5.74) is 1.26. The average Bonchev–Trinajstić information content (AvgIpc) is 3.08. The van der Waals surface area contributed by atoms with Crippen LogP contribution in [0.15, 0.2) is 36.9 Å². The third kappa shape index (κ3) is 5.49. The summed E-state index contributed by atoms with van der Waals surface area (Å²) < 4.78 is 1.69. The molecule has 2 rings (SSSR count). The molecule has 1 aromatic heterocycles. The summed E-state index contributed by atoms with van der Waals surface area (Å²) in [5, 5.41) is 9.72. The van der Waals surface area contributed by atoms with Crippen LogP contribution in [0.3, 0.4) is 0 Å². The molecule has 0 spiro atoms. The highest BCUT2D eigenvalue weighted by Crippen LogP contribution is 2.11. The van der Waals surface area contributed by atoms with E-state index in [1.807, 2.05) is 13.8 Å². The molecule has 2 N–H and O–H groups in total. The van der Waals surface area contributed by atoms with Crippen molar-refractivity contribution in [2.75, 3.05) is 5.32 Å². The van der Waals surface area contributed by atoms with Crippen molar-refractivity contribution < 1.29 is 9.59 Å². The minimum absolute atomic E-state index is 0.0630. The van der Waals surface area contributed by atoms with E-state index >= 15 is 0 Å². The van der Waals surface area contributed by atoms with Gasteiger partial charge in [-0.25, -0.2) is 4.98 Å². The summed E-state index contributed by atoms with van der Waals surface area (Å²) in [7, 11) is 0. The first-order valence-corrected chi connectivity index (χ1v) is 8.11. The quantitative estimate of drug-likeness (QED) is 0.777. The van der Waals surface area contributed by atoms with Gasteiger partial charge in [0.05, 0.1) is 0 Å². The van der Waals surface area contributed by atoms with E-state index in [4.69, 9.17) is 0 Å². The molecule has 7 nitrogen and oxygen atoms in total. The summed E-state index contributed by atoms with van der Waals surface area (Å²) in [6.45, 7) is 4.64. The Kier molecular flexibility index (Phi) is 6.48. The predicted octanol–water partition coefficient (Wildman–Crippen LogP) is 2.23. The summed E-state index contributed by atoms with van der Waals surface area (Å²) in [6, 6.07) is 7.04. The minimum atomic E-state index is -0.102. The van der Waals surface area contributed by atoms with Crippen LogP contribution in [0, 0.1) is 0 Å². The van der Waals surface area contributed by atoms with E-state index in [0.29, 0.717) is 30.6 Å². The molecule has 0 saturated carbocycles. The van der Waals surface area contributed by atoms with Crippen LogP contribution in [-0.2, 0) is 11.3 Å². The van der Waals surface area contributed by atoms with Gasteiger partial charge >= 0.3 is 0 Å². The molecule has 0 aliphatic carbocycles. The van der Waals surface area contributed by atoms with Crippen LogP contribution in [0.1, 0.15) is 43.5 Å². The monoisotopic (exact) mass is 329 g/mol. The maximum Gasteiger partial charge on any atom is 0.251 e. The Hall–Kier alpha value is -2.70. The zero-order valence-corrected chi connectivity index (χ0v) is 14.0. The van der Waals surface area contributed by atoms with Crippen LogP contribution in [0.25, 0.3) is 0 Å². The Morgan fingerprint density at radius 3 is 2.62 bits per heavy atom. The molecule has 2 aromatic rings. The van der Waals surface area contributed by atoms with Gasteiger partial charge in [-0.3, -0.25) is 14.3 Å². The van der Waals surface area contributed by atoms with Crippen molar-refractivity contribution in [3.8, 4) is 0 Å². The first kappa shape index (κ1) is 17.7. The summed E-state index contributed by atoms with van der Waals surface area (Å²) in [6.07, 6.45) is 5.06. The third-order valence-corrected chi connectivity index (χ3v) is 3.68. The Morgan fingerprint density at radius 1 is 1.25 bits per heavy atom. The summed E-state index contributed by atoms with van der Waals surface area (Å²) >= 11 is 0. The molecule has 1 heterocycles. The number of aryl methyl sites for hydroxylation is 1. The van der Waals surface area contributed by atoms with Gasteiger partial charge in [-0.15, -0.1) is 0 Å². The normalized spacial score (nSPS) is 11.8. The molecule has 0 fully saturated rings. The van der Waals surface area contributed by atoms with Gasteiger partial charge in [-0.05, 0) is 44.0 Å². The van der Waals surface area contributed by atoms with Crippen LogP contribution < -0.4 is 10.6 Å². The highest BCUT2D eigenvalue weighted by Gasteiger charge is 2.09. The number of nitrogens with zero attached hydrogens (tertiary/aromatic N) is 3. The van der Waals surface area contributed by atoms with Crippen LogP contribution >= 0.6 is 0 Å². The number of carbonyl (C=O) groups excluding carboxylic acids is 2. The number of nitrogens with one attached hydrogen (secondary N) is 2. The lowest BCUT2D eigenvalue weighted by molar-refractivity contribution is -0.116. The molecule has 0 radical (unpaired) electrons. The molecule has 0 aliphatic heterocycles. The highest BCUT2D eigenvalue weighted by molar-refractivity contribution is 5.95. The molecule has 24 heavy (non-hydrogen) atoms. The van der Waals surface area contributed by atoms with E-state index in [-0.39, 0.29) is 17.9 Å².